The van der Waals surface area contributed by atoms with Crippen molar-refractivity contribution < 1.29 is 28.0 Å². The van der Waals surface area contributed by atoms with Gasteiger partial charge in [-0.05, 0) is 24.7 Å². The van der Waals surface area contributed by atoms with Crippen molar-refractivity contribution in [2.75, 3.05) is 27.9 Å². The molecule has 1 amide bonds. The summed E-state index contributed by atoms with van der Waals surface area (Å²) in [5.41, 5.74) is 0. The number of carboxylic acid groups (broad SMARTS) is 1. The van der Waals surface area contributed by atoms with Crippen molar-refractivity contribution in [2.24, 2.45) is 23.7 Å². The molecule has 1 saturated carbocycles. The molecule has 1 fully saturated rings. The lowest BCUT2D eigenvalue weighted by atomic mass is 9.82. The normalized spacial score (nSPS) is 29.0. The topological polar surface area (TPSA) is 94.1 Å². The molecule has 130 valence electrons. The second-order valence-electron chi connectivity index (χ2n) is 6.03. The average molecular weight is 343 g/mol. The zero-order valence-electron chi connectivity index (χ0n) is 13.8. The van der Waals surface area contributed by atoms with E-state index in [1.807, 2.05) is 12.2 Å². The van der Waals surface area contributed by atoms with Crippen molar-refractivity contribution in [3.8, 4) is 0 Å². The number of rotatable bonds is 9. The molecule has 0 aromatic carbocycles. The third kappa shape index (κ3) is 3.65. The van der Waals surface area contributed by atoms with Crippen LogP contribution < -0.4 is 5.32 Å². The lowest BCUT2D eigenvalue weighted by Crippen LogP contribution is -2.44. The molecule has 7 nitrogen and oxygen atoms in total. The minimum atomic E-state index is -2.62. The molecule has 2 bridgehead atoms. The molecular formula is C15H25NO6Si. The van der Waals surface area contributed by atoms with Crippen molar-refractivity contribution in [3.05, 3.63) is 12.2 Å². The zero-order valence-corrected chi connectivity index (χ0v) is 14.8. The van der Waals surface area contributed by atoms with Crippen LogP contribution in [0.1, 0.15) is 12.8 Å². The first-order chi connectivity index (χ1) is 11.0. The highest BCUT2D eigenvalue weighted by Gasteiger charge is 2.51. The van der Waals surface area contributed by atoms with Crippen LogP contribution in [0.5, 0.6) is 0 Å². The third-order valence-electron chi connectivity index (χ3n) is 4.94. The Bertz CT molecular complexity index is 470. The summed E-state index contributed by atoms with van der Waals surface area (Å²) in [6.07, 6.45) is 5.33. The SMILES string of the molecule is CO[Si](CCCNC(=O)C1C2C=CC(C2)C1C(=O)O)(OC)OC. The Morgan fingerprint density at radius 1 is 1.13 bits per heavy atom. The summed E-state index contributed by atoms with van der Waals surface area (Å²) in [4.78, 5) is 23.8. The summed E-state index contributed by atoms with van der Waals surface area (Å²) in [5, 5.41) is 12.2. The highest BCUT2D eigenvalue weighted by Crippen LogP contribution is 2.48. The molecule has 0 aromatic heterocycles. The summed E-state index contributed by atoms with van der Waals surface area (Å²) in [5.74, 6) is -2.08. The second-order valence-corrected chi connectivity index (χ2v) is 9.12. The van der Waals surface area contributed by atoms with E-state index >= 15 is 0 Å². The number of amides is 1. The summed E-state index contributed by atoms with van der Waals surface area (Å²) >= 11 is 0. The largest absolute Gasteiger partial charge is 0.500 e. The van der Waals surface area contributed by atoms with Crippen LogP contribution in [-0.4, -0.2) is 53.7 Å². The molecule has 0 saturated heterocycles. The van der Waals surface area contributed by atoms with Crippen LogP contribution >= 0.6 is 0 Å². The molecule has 4 unspecified atom stereocenters. The molecule has 2 N–H and O–H groups in total. The molecule has 8 heteroatoms. The Hall–Kier alpha value is -1.22. The molecule has 0 heterocycles. The maximum Gasteiger partial charge on any atom is 0.500 e. The van der Waals surface area contributed by atoms with Crippen molar-refractivity contribution in [3.63, 3.8) is 0 Å². The fourth-order valence-electron chi connectivity index (χ4n) is 3.71. The fraction of sp³-hybridized carbons (Fsp3) is 0.733. The Morgan fingerprint density at radius 3 is 2.22 bits per heavy atom. The maximum atomic E-state index is 12.4. The summed E-state index contributed by atoms with van der Waals surface area (Å²) in [6, 6.07) is 0.593. The lowest BCUT2D eigenvalue weighted by molar-refractivity contribution is -0.147. The first kappa shape index (κ1) is 18.1. The zero-order chi connectivity index (χ0) is 17.0. The smallest absolute Gasteiger partial charge is 0.481 e. The molecular weight excluding hydrogens is 318 g/mol. The molecule has 0 aromatic rings. The average Bonchev–Trinajstić information content (AvgIpc) is 3.16. The van der Waals surface area contributed by atoms with E-state index in [2.05, 4.69) is 5.32 Å². The van der Waals surface area contributed by atoms with Gasteiger partial charge in [0.05, 0.1) is 11.8 Å². The van der Waals surface area contributed by atoms with Crippen molar-refractivity contribution in [2.45, 2.75) is 18.9 Å². The van der Waals surface area contributed by atoms with Crippen molar-refractivity contribution in [1.82, 2.24) is 5.32 Å². The molecule has 0 spiro atoms. The predicted octanol–water partition coefficient (Wildman–Crippen LogP) is 0.894. The number of hydrogen-bond donors (Lipinski definition) is 2. The number of carbonyl (C=O) groups is 2. The standard InChI is InChI=1S/C15H25NO6Si/c1-20-23(21-2,22-3)8-4-7-16-14(17)12-10-5-6-11(9-10)13(12)15(18)19/h5-6,10-13H,4,7-9H2,1-3H3,(H,16,17)(H,18,19). The highest BCUT2D eigenvalue weighted by atomic mass is 28.4. The van der Waals surface area contributed by atoms with Crippen LogP contribution in [-0.2, 0) is 22.9 Å². The van der Waals surface area contributed by atoms with Gasteiger partial charge in [-0.3, -0.25) is 9.59 Å². The monoisotopic (exact) mass is 343 g/mol. The van der Waals surface area contributed by atoms with E-state index in [0.29, 0.717) is 19.0 Å². The van der Waals surface area contributed by atoms with E-state index in [1.54, 1.807) is 21.3 Å². The van der Waals surface area contributed by atoms with E-state index < -0.39 is 26.6 Å². The minimum absolute atomic E-state index is 0.0104. The van der Waals surface area contributed by atoms with E-state index in [9.17, 15) is 14.7 Å². The molecule has 0 radical (unpaired) electrons. The first-order valence-corrected chi connectivity index (χ1v) is 9.75. The van der Waals surface area contributed by atoms with Crippen LogP contribution in [0.4, 0.5) is 0 Å². The number of nitrogens with one attached hydrogen (secondary N) is 1. The van der Waals surface area contributed by atoms with Gasteiger partial charge in [-0.25, -0.2) is 0 Å². The third-order valence-corrected chi connectivity index (χ3v) is 7.77. The van der Waals surface area contributed by atoms with Gasteiger partial charge in [-0.2, -0.15) is 0 Å². The van der Waals surface area contributed by atoms with Crippen LogP contribution in [0, 0.1) is 23.7 Å². The van der Waals surface area contributed by atoms with E-state index in [1.165, 1.54) is 0 Å². The Balaban J connectivity index is 1.83. The van der Waals surface area contributed by atoms with E-state index in [-0.39, 0.29) is 17.7 Å². The summed E-state index contributed by atoms with van der Waals surface area (Å²) < 4.78 is 16.0. The van der Waals surface area contributed by atoms with Gasteiger partial charge in [0.15, 0.2) is 0 Å². The van der Waals surface area contributed by atoms with Crippen LogP contribution in [0.25, 0.3) is 0 Å². The van der Waals surface area contributed by atoms with Crippen LogP contribution in [0.3, 0.4) is 0 Å². The lowest BCUT2D eigenvalue weighted by Gasteiger charge is -2.25. The molecule has 2 rings (SSSR count). The van der Waals surface area contributed by atoms with Gasteiger partial charge in [0.25, 0.3) is 0 Å². The van der Waals surface area contributed by atoms with Crippen molar-refractivity contribution >= 4 is 20.7 Å². The molecule has 2 aliphatic rings. The first-order valence-electron chi connectivity index (χ1n) is 7.82. The highest BCUT2D eigenvalue weighted by molar-refractivity contribution is 6.60. The van der Waals surface area contributed by atoms with Gasteiger partial charge < -0.3 is 23.7 Å². The van der Waals surface area contributed by atoms with Gasteiger partial charge in [-0.1, -0.05) is 12.2 Å². The fourth-order valence-corrected chi connectivity index (χ4v) is 5.43. The number of aliphatic carboxylic acids is 1. The quantitative estimate of drug-likeness (QED) is 0.367. The predicted molar refractivity (Wildman–Crippen MR) is 84.6 cm³/mol. The number of fused-ring (bicyclic) bond motifs is 2. The molecule has 2 aliphatic carbocycles. The van der Waals surface area contributed by atoms with Gasteiger partial charge in [0.1, 0.15) is 0 Å². The molecule has 23 heavy (non-hydrogen) atoms. The van der Waals surface area contributed by atoms with Gasteiger partial charge in [-0.15, -0.1) is 0 Å². The van der Waals surface area contributed by atoms with Crippen molar-refractivity contribution in [1.29, 1.82) is 0 Å². The van der Waals surface area contributed by atoms with Crippen LogP contribution in [0.15, 0.2) is 12.2 Å². The van der Waals surface area contributed by atoms with E-state index in [0.717, 1.165) is 6.42 Å². The number of allylic oxidation sites excluding steroid dienone is 2. The van der Waals surface area contributed by atoms with Gasteiger partial charge in [0, 0.05) is 33.9 Å². The number of carbonyl (C=O) groups excluding carboxylic acids is 1. The Labute approximate surface area is 137 Å². The summed E-state index contributed by atoms with van der Waals surface area (Å²) in [6.45, 7) is 0.452. The summed E-state index contributed by atoms with van der Waals surface area (Å²) in [7, 11) is 2.04. The molecule has 0 aliphatic heterocycles. The maximum absolute atomic E-state index is 12.4. The van der Waals surface area contributed by atoms with Crippen LogP contribution in [0.2, 0.25) is 6.04 Å². The minimum Gasteiger partial charge on any atom is -0.481 e. The van der Waals surface area contributed by atoms with E-state index in [4.69, 9.17) is 13.3 Å². The second kappa shape index (κ2) is 7.56. The van der Waals surface area contributed by atoms with Gasteiger partial charge >= 0.3 is 14.8 Å². The number of hydrogen-bond acceptors (Lipinski definition) is 5. The number of carboxylic acids is 1. The Kier molecular flexibility index (Phi) is 5.96. The Morgan fingerprint density at radius 2 is 1.70 bits per heavy atom. The van der Waals surface area contributed by atoms with Gasteiger partial charge in [0.2, 0.25) is 5.91 Å². The molecule has 4 atom stereocenters.